The van der Waals surface area contributed by atoms with E-state index in [1.165, 1.54) is 6.08 Å². The van der Waals surface area contributed by atoms with E-state index in [2.05, 4.69) is 21.8 Å². The molecule has 1 aromatic heterocycles. The highest BCUT2D eigenvalue weighted by atomic mass is 16.1. The largest absolute Gasteiger partial charge is 0.380 e. The van der Waals surface area contributed by atoms with Gasteiger partial charge in [0.05, 0.1) is 11.2 Å². The molecule has 1 aromatic carbocycles. The molecule has 6 nitrogen and oxygen atoms in total. The van der Waals surface area contributed by atoms with E-state index >= 15 is 0 Å². The third-order valence-electron chi connectivity index (χ3n) is 5.35. The Bertz CT molecular complexity index is 994. The Morgan fingerprint density at radius 2 is 2.18 bits per heavy atom. The van der Waals surface area contributed by atoms with Crippen LogP contribution in [0.25, 0.3) is 10.9 Å². The van der Waals surface area contributed by atoms with Crippen molar-refractivity contribution >= 4 is 22.4 Å². The molecule has 6 heteroatoms. The molecule has 0 radical (unpaired) electrons. The van der Waals surface area contributed by atoms with Crippen LogP contribution >= 0.6 is 0 Å². The first-order valence-corrected chi connectivity index (χ1v) is 9.59. The summed E-state index contributed by atoms with van der Waals surface area (Å²) in [6.07, 6.45) is 4.69. The van der Waals surface area contributed by atoms with Gasteiger partial charge in [0.25, 0.3) is 5.56 Å². The number of hydrogen-bond acceptors (Lipinski definition) is 5. The van der Waals surface area contributed by atoms with Crippen LogP contribution in [0.4, 0.5) is 5.69 Å². The summed E-state index contributed by atoms with van der Waals surface area (Å²) < 4.78 is 0. The normalized spacial score (nSPS) is 18.5. The molecule has 1 aliphatic carbocycles. The Labute approximate surface area is 164 Å². The first-order valence-electron chi connectivity index (χ1n) is 9.59. The number of nitrogens with zero attached hydrogens (tertiary/aromatic N) is 2. The lowest BCUT2D eigenvalue weighted by molar-refractivity contribution is -0.120. The summed E-state index contributed by atoms with van der Waals surface area (Å²) in [6.45, 7) is 4.53. The Balaban J connectivity index is 1.86. The van der Waals surface area contributed by atoms with Gasteiger partial charge < -0.3 is 15.2 Å². The molecule has 0 spiro atoms. The van der Waals surface area contributed by atoms with Gasteiger partial charge in [-0.15, -0.1) is 0 Å². The number of aryl methyl sites for hydroxylation is 1. The molecule has 1 fully saturated rings. The zero-order valence-corrected chi connectivity index (χ0v) is 16.4. The van der Waals surface area contributed by atoms with Gasteiger partial charge in [-0.3, -0.25) is 9.59 Å². The number of carbonyl (C=O) groups is 1. The predicted molar refractivity (Wildman–Crippen MR) is 111 cm³/mol. The van der Waals surface area contributed by atoms with Crippen LogP contribution in [0.5, 0.6) is 0 Å². The van der Waals surface area contributed by atoms with Crippen LogP contribution in [-0.4, -0.2) is 42.3 Å². The molecule has 0 saturated heterocycles. The molecule has 0 bridgehead atoms. The number of aromatic nitrogens is 1. The number of nitriles is 1. The van der Waals surface area contributed by atoms with Gasteiger partial charge in [0.15, 0.2) is 5.78 Å². The number of anilines is 1. The minimum Gasteiger partial charge on any atom is -0.380 e. The second-order valence-corrected chi connectivity index (χ2v) is 7.72. The average molecular weight is 378 g/mol. The van der Waals surface area contributed by atoms with Crippen molar-refractivity contribution in [2.75, 3.05) is 26.0 Å². The number of pyridine rings is 1. The smallest absolute Gasteiger partial charge is 0.268 e. The predicted octanol–water partition coefficient (Wildman–Crippen LogP) is 2.84. The summed E-state index contributed by atoms with van der Waals surface area (Å²) in [7, 11) is 4.10. The Morgan fingerprint density at radius 3 is 2.82 bits per heavy atom. The van der Waals surface area contributed by atoms with E-state index in [1.807, 2.05) is 38.4 Å². The first-order chi connectivity index (χ1) is 13.4. The van der Waals surface area contributed by atoms with Crippen LogP contribution in [-0.2, 0) is 11.2 Å². The highest BCUT2D eigenvalue weighted by Crippen LogP contribution is 2.34. The molecule has 1 saturated carbocycles. The molecule has 0 aliphatic heterocycles. The number of nitrogens with one attached hydrogen (secondary N) is 2. The lowest BCUT2D eigenvalue weighted by Crippen LogP contribution is -2.39. The second-order valence-electron chi connectivity index (χ2n) is 7.72. The minimum absolute atomic E-state index is 0.0166. The van der Waals surface area contributed by atoms with Crippen LogP contribution in [0.3, 0.4) is 0 Å². The molecule has 3 rings (SSSR count). The Hall–Kier alpha value is -2.91. The molecule has 28 heavy (non-hydrogen) atoms. The molecular weight excluding hydrogens is 352 g/mol. The van der Waals surface area contributed by atoms with E-state index in [0.29, 0.717) is 18.5 Å². The van der Waals surface area contributed by atoms with Gasteiger partial charge in [-0.1, -0.05) is 18.7 Å². The number of H-pyrrole nitrogens is 1. The van der Waals surface area contributed by atoms with Gasteiger partial charge in [-0.2, -0.15) is 5.26 Å². The van der Waals surface area contributed by atoms with E-state index in [9.17, 15) is 14.9 Å². The number of ketones is 1. The molecule has 0 amide bonds. The van der Waals surface area contributed by atoms with Gasteiger partial charge in [-0.05, 0) is 64.0 Å². The van der Waals surface area contributed by atoms with E-state index in [4.69, 9.17) is 0 Å². The van der Waals surface area contributed by atoms with Crippen LogP contribution in [0.2, 0.25) is 0 Å². The minimum atomic E-state index is -0.388. The first kappa shape index (κ1) is 19.8. The number of aromatic amines is 1. The van der Waals surface area contributed by atoms with E-state index < -0.39 is 0 Å². The SMILES string of the molecule is C=CC(=O)C1CC(Nc2c(C#N)c(=O)[nH]c3cc(CCCN(C)C)ccc23)C1. The van der Waals surface area contributed by atoms with Gasteiger partial charge in [0.2, 0.25) is 0 Å². The summed E-state index contributed by atoms with van der Waals surface area (Å²) in [5, 5.41) is 13.6. The van der Waals surface area contributed by atoms with Crippen LogP contribution in [0, 0.1) is 17.2 Å². The summed E-state index contributed by atoms with van der Waals surface area (Å²) >= 11 is 0. The van der Waals surface area contributed by atoms with Crippen molar-refractivity contribution < 1.29 is 4.79 Å². The monoisotopic (exact) mass is 378 g/mol. The fraction of sp³-hybridized carbons (Fsp3) is 0.409. The second kappa shape index (κ2) is 8.41. The quantitative estimate of drug-likeness (QED) is 0.690. The maximum atomic E-state index is 12.4. The zero-order valence-electron chi connectivity index (χ0n) is 16.4. The fourth-order valence-electron chi connectivity index (χ4n) is 3.70. The number of fused-ring (bicyclic) bond motifs is 1. The highest BCUT2D eigenvalue weighted by Gasteiger charge is 2.33. The van der Waals surface area contributed by atoms with Gasteiger partial charge >= 0.3 is 0 Å². The van der Waals surface area contributed by atoms with Crippen LogP contribution in [0.15, 0.2) is 35.6 Å². The van der Waals surface area contributed by atoms with Crippen molar-refractivity contribution in [3.63, 3.8) is 0 Å². The van der Waals surface area contributed by atoms with Crippen molar-refractivity contribution in [3.8, 4) is 6.07 Å². The van der Waals surface area contributed by atoms with E-state index in [-0.39, 0.29) is 28.9 Å². The summed E-state index contributed by atoms with van der Waals surface area (Å²) in [5.41, 5.74) is 2.15. The lowest BCUT2D eigenvalue weighted by Gasteiger charge is -2.35. The van der Waals surface area contributed by atoms with Crippen LogP contribution < -0.4 is 10.9 Å². The molecule has 1 heterocycles. The Morgan fingerprint density at radius 1 is 1.43 bits per heavy atom. The maximum absolute atomic E-state index is 12.4. The molecule has 0 unspecified atom stereocenters. The topological polar surface area (TPSA) is 89.0 Å². The highest BCUT2D eigenvalue weighted by molar-refractivity contribution is 5.95. The molecule has 2 aromatic rings. The van der Waals surface area contributed by atoms with Crippen LogP contribution in [0.1, 0.15) is 30.4 Å². The fourth-order valence-corrected chi connectivity index (χ4v) is 3.70. The molecule has 0 atom stereocenters. The summed E-state index contributed by atoms with van der Waals surface area (Å²) in [5.74, 6) is 0.0359. The number of rotatable bonds is 8. The summed E-state index contributed by atoms with van der Waals surface area (Å²) in [6, 6.07) is 8.10. The number of carbonyl (C=O) groups excluding carboxylic acids is 1. The van der Waals surface area contributed by atoms with Crippen molar-refractivity contribution in [3.05, 3.63) is 52.3 Å². The molecule has 1 aliphatic rings. The van der Waals surface area contributed by atoms with Crippen molar-refractivity contribution in [1.82, 2.24) is 9.88 Å². The van der Waals surface area contributed by atoms with Gasteiger partial charge in [0.1, 0.15) is 11.6 Å². The third kappa shape index (κ3) is 4.15. The van der Waals surface area contributed by atoms with Gasteiger partial charge in [-0.25, -0.2) is 0 Å². The van der Waals surface area contributed by atoms with E-state index in [1.54, 1.807) is 0 Å². The average Bonchev–Trinajstić information content (AvgIpc) is 2.62. The number of hydrogen-bond donors (Lipinski definition) is 2. The van der Waals surface area contributed by atoms with Gasteiger partial charge in [0, 0.05) is 17.3 Å². The number of allylic oxidation sites excluding steroid dienone is 1. The van der Waals surface area contributed by atoms with Crippen molar-refractivity contribution in [2.45, 2.75) is 31.7 Å². The van der Waals surface area contributed by atoms with E-state index in [0.717, 1.165) is 35.9 Å². The molecule has 146 valence electrons. The number of benzene rings is 1. The Kier molecular flexibility index (Phi) is 5.96. The standard InChI is InChI=1S/C22H26N4O2/c1-4-20(27)15-11-16(12-15)24-21-17-8-7-14(6-5-9-26(2)3)10-19(17)25-22(28)18(21)13-23/h4,7-8,10,15-16H,1,5-6,9,11-12H2,2-3H3,(H2,24,25,28). The van der Waals surface area contributed by atoms with Crippen molar-refractivity contribution in [2.24, 2.45) is 5.92 Å². The maximum Gasteiger partial charge on any atom is 0.268 e. The zero-order chi connectivity index (χ0) is 20.3. The third-order valence-corrected chi connectivity index (χ3v) is 5.35. The molecular formula is C22H26N4O2. The van der Waals surface area contributed by atoms with Crippen molar-refractivity contribution in [1.29, 1.82) is 5.26 Å². The summed E-state index contributed by atoms with van der Waals surface area (Å²) in [4.78, 5) is 29.1. The lowest BCUT2D eigenvalue weighted by atomic mass is 9.77. The molecule has 2 N–H and O–H groups in total.